The zero-order valence-electron chi connectivity index (χ0n) is 11.2. The molecule has 103 valence electrons. The molecule has 0 aliphatic carbocycles. The molecule has 0 spiro atoms. The third-order valence-electron chi connectivity index (χ3n) is 4.40. The Labute approximate surface area is 110 Å². The van der Waals surface area contributed by atoms with E-state index in [1.807, 2.05) is 0 Å². The topological polar surface area (TPSA) is 41.8 Å². The number of likely N-dealkylation sites (tertiary alicyclic amines) is 1. The first kappa shape index (κ1) is 12.8. The lowest BCUT2D eigenvalue weighted by Crippen LogP contribution is -2.75. The van der Waals surface area contributed by atoms with Gasteiger partial charge < -0.3 is 10.1 Å². The van der Waals surface area contributed by atoms with Crippen molar-refractivity contribution in [3.8, 4) is 0 Å². The monoisotopic (exact) mass is 253 g/mol. The zero-order chi connectivity index (χ0) is 12.3. The van der Waals surface area contributed by atoms with E-state index in [1.165, 1.54) is 32.4 Å². The molecule has 5 heteroatoms. The smallest absolute Gasteiger partial charge is 0.157 e. The predicted octanol–water partition coefficient (Wildman–Crippen LogP) is -0.334. The van der Waals surface area contributed by atoms with Crippen molar-refractivity contribution in [3.63, 3.8) is 0 Å². The number of ether oxygens (including phenoxy) is 1. The SMILES string of the molecule is C1CCN(C2(N3CCOCC3)CNCC[N]2)CC1. The van der Waals surface area contributed by atoms with Crippen molar-refractivity contribution >= 4 is 0 Å². The van der Waals surface area contributed by atoms with E-state index in [0.29, 0.717) is 0 Å². The Hall–Kier alpha value is -0.200. The van der Waals surface area contributed by atoms with Gasteiger partial charge in [0.15, 0.2) is 5.79 Å². The van der Waals surface area contributed by atoms with E-state index in [4.69, 9.17) is 10.1 Å². The molecule has 1 atom stereocenters. The van der Waals surface area contributed by atoms with Crippen LogP contribution in [0.5, 0.6) is 0 Å². The first-order valence-electron chi connectivity index (χ1n) is 7.39. The highest BCUT2D eigenvalue weighted by Crippen LogP contribution is 2.25. The average molecular weight is 253 g/mol. The number of nitrogens with zero attached hydrogens (tertiary/aromatic N) is 3. The molecule has 0 aromatic heterocycles. The molecule has 0 amide bonds. The average Bonchev–Trinajstić information content (AvgIpc) is 2.50. The Balaban J connectivity index is 1.77. The molecule has 0 aromatic carbocycles. The Kier molecular flexibility index (Phi) is 4.16. The van der Waals surface area contributed by atoms with Crippen LogP contribution in [0.25, 0.3) is 0 Å². The number of hydrogen-bond donors (Lipinski definition) is 1. The molecule has 18 heavy (non-hydrogen) atoms. The van der Waals surface area contributed by atoms with Crippen LogP contribution in [0.3, 0.4) is 0 Å². The number of rotatable bonds is 2. The lowest BCUT2D eigenvalue weighted by atomic mass is 10.1. The van der Waals surface area contributed by atoms with Crippen molar-refractivity contribution in [2.75, 3.05) is 59.0 Å². The van der Waals surface area contributed by atoms with Crippen molar-refractivity contribution in [2.45, 2.75) is 25.0 Å². The van der Waals surface area contributed by atoms with E-state index in [2.05, 4.69) is 15.1 Å². The second-order valence-electron chi connectivity index (χ2n) is 5.48. The van der Waals surface area contributed by atoms with E-state index in [-0.39, 0.29) is 5.79 Å². The summed E-state index contributed by atoms with van der Waals surface area (Å²) < 4.78 is 5.50. The number of piperidine rings is 1. The minimum atomic E-state index is -0.0809. The van der Waals surface area contributed by atoms with Gasteiger partial charge in [-0.25, -0.2) is 5.32 Å². The fourth-order valence-corrected chi connectivity index (χ4v) is 3.42. The minimum Gasteiger partial charge on any atom is -0.379 e. The van der Waals surface area contributed by atoms with Gasteiger partial charge in [-0.05, 0) is 12.8 Å². The van der Waals surface area contributed by atoms with Gasteiger partial charge in [-0.1, -0.05) is 6.42 Å². The van der Waals surface area contributed by atoms with Crippen molar-refractivity contribution in [1.29, 1.82) is 0 Å². The van der Waals surface area contributed by atoms with Crippen LogP contribution in [0, 0.1) is 0 Å². The summed E-state index contributed by atoms with van der Waals surface area (Å²) in [7, 11) is 0. The highest BCUT2D eigenvalue weighted by molar-refractivity contribution is 4.95. The molecule has 0 bridgehead atoms. The number of piperazine rings is 1. The molecule has 0 saturated carbocycles. The molecule has 5 nitrogen and oxygen atoms in total. The summed E-state index contributed by atoms with van der Waals surface area (Å²) in [5, 5.41) is 8.59. The minimum absolute atomic E-state index is 0.0809. The Bertz CT molecular complexity index is 236. The summed E-state index contributed by atoms with van der Waals surface area (Å²) in [5.74, 6) is -0.0809. The maximum absolute atomic E-state index is 5.50. The van der Waals surface area contributed by atoms with Crippen LogP contribution in [-0.4, -0.2) is 74.6 Å². The van der Waals surface area contributed by atoms with Crippen LogP contribution >= 0.6 is 0 Å². The summed E-state index contributed by atoms with van der Waals surface area (Å²) in [6, 6.07) is 0. The number of nitrogens with one attached hydrogen (secondary N) is 1. The van der Waals surface area contributed by atoms with Crippen LogP contribution in [0.4, 0.5) is 0 Å². The fraction of sp³-hybridized carbons (Fsp3) is 1.00. The number of hydrogen-bond acceptors (Lipinski definition) is 4. The Morgan fingerprint density at radius 3 is 2.33 bits per heavy atom. The fourth-order valence-electron chi connectivity index (χ4n) is 3.42. The molecule has 3 saturated heterocycles. The van der Waals surface area contributed by atoms with Crippen LogP contribution in [0.1, 0.15) is 19.3 Å². The molecule has 3 fully saturated rings. The molecule has 0 aromatic rings. The van der Waals surface area contributed by atoms with E-state index in [1.54, 1.807) is 0 Å². The van der Waals surface area contributed by atoms with Crippen LogP contribution in [0.15, 0.2) is 0 Å². The molecule has 1 radical (unpaired) electrons. The van der Waals surface area contributed by atoms with Gasteiger partial charge in [-0.15, -0.1) is 0 Å². The van der Waals surface area contributed by atoms with Gasteiger partial charge in [-0.3, -0.25) is 9.80 Å². The van der Waals surface area contributed by atoms with E-state index < -0.39 is 0 Å². The Morgan fingerprint density at radius 1 is 0.944 bits per heavy atom. The largest absolute Gasteiger partial charge is 0.379 e. The molecular weight excluding hydrogens is 228 g/mol. The van der Waals surface area contributed by atoms with Crippen LogP contribution in [-0.2, 0) is 4.74 Å². The first-order valence-corrected chi connectivity index (χ1v) is 7.39. The van der Waals surface area contributed by atoms with Crippen LogP contribution < -0.4 is 10.6 Å². The highest BCUT2D eigenvalue weighted by atomic mass is 16.5. The summed E-state index contributed by atoms with van der Waals surface area (Å²) in [6.07, 6.45) is 4.02. The van der Waals surface area contributed by atoms with Crippen molar-refractivity contribution in [2.24, 2.45) is 0 Å². The van der Waals surface area contributed by atoms with Crippen molar-refractivity contribution < 1.29 is 4.74 Å². The molecule has 1 N–H and O–H groups in total. The summed E-state index contributed by atoms with van der Waals surface area (Å²) >= 11 is 0. The van der Waals surface area contributed by atoms with E-state index in [9.17, 15) is 0 Å². The standard InChI is InChI=1S/C13H25N4O/c1-2-6-16(7-3-1)13(12-14-4-5-15-13)17-8-10-18-11-9-17/h14H,1-12H2. The quantitative estimate of drug-likeness (QED) is 0.731. The van der Waals surface area contributed by atoms with Crippen molar-refractivity contribution in [1.82, 2.24) is 20.4 Å². The third kappa shape index (κ3) is 2.42. The van der Waals surface area contributed by atoms with Gasteiger partial charge in [-0.2, -0.15) is 0 Å². The third-order valence-corrected chi connectivity index (χ3v) is 4.40. The molecular formula is C13H25N4O. The second kappa shape index (κ2) is 5.84. The van der Waals surface area contributed by atoms with E-state index >= 15 is 0 Å². The van der Waals surface area contributed by atoms with Gasteiger partial charge in [0.2, 0.25) is 0 Å². The van der Waals surface area contributed by atoms with Gasteiger partial charge in [0.05, 0.1) is 13.2 Å². The Morgan fingerprint density at radius 2 is 1.67 bits per heavy atom. The second-order valence-corrected chi connectivity index (χ2v) is 5.48. The van der Waals surface area contributed by atoms with Gasteiger partial charge in [0, 0.05) is 45.8 Å². The lowest BCUT2D eigenvalue weighted by molar-refractivity contribution is -0.133. The van der Waals surface area contributed by atoms with Crippen molar-refractivity contribution in [3.05, 3.63) is 0 Å². The molecule has 3 aliphatic heterocycles. The maximum atomic E-state index is 5.50. The first-order chi connectivity index (χ1) is 8.92. The van der Waals surface area contributed by atoms with Gasteiger partial charge >= 0.3 is 0 Å². The normalized spacial score (nSPS) is 36.7. The lowest BCUT2D eigenvalue weighted by Gasteiger charge is -2.54. The highest BCUT2D eigenvalue weighted by Gasteiger charge is 2.45. The predicted molar refractivity (Wildman–Crippen MR) is 70.4 cm³/mol. The number of morpholine rings is 1. The van der Waals surface area contributed by atoms with Gasteiger partial charge in [0.1, 0.15) is 0 Å². The van der Waals surface area contributed by atoms with E-state index in [0.717, 1.165) is 45.9 Å². The summed E-state index contributed by atoms with van der Waals surface area (Å²) in [4.78, 5) is 5.14. The van der Waals surface area contributed by atoms with Gasteiger partial charge in [0.25, 0.3) is 0 Å². The molecule has 3 aliphatic rings. The molecule has 1 unspecified atom stereocenters. The zero-order valence-corrected chi connectivity index (χ0v) is 11.2. The molecule has 3 heterocycles. The maximum Gasteiger partial charge on any atom is 0.157 e. The summed E-state index contributed by atoms with van der Waals surface area (Å²) in [6.45, 7) is 9.07. The summed E-state index contributed by atoms with van der Waals surface area (Å²) in [5.41, 5.74) is 0. The van der Waals surface area contributed by atoms with Crippen LogP contribution in [0.2, 0.25) is 0 Å². The molecule has 3 rings (SSSR count).